The summed E-state index contributed by atoms with van der Waals surface area (Å²) in [4.78, 5) is 17.5. The van der Waals surface area contributed by atoms with Gasteiger partial charge in [-0.05, 0) is 23.6 Å². The standard InChI is InChI=1S/C15H19N3OS/c1-15(2,12-5-4-8-20-12)10-18-14(19)11-6-7-13(16-3)17-9-11/h4-9H,10H2,1-3H3,(H,16,17)(H,18,19). The number of anilines is 1. The van der Waals surface area contributed by atoms with Crippen LogP contribution in [0.25, 0.3) is 0 Å². The van der Waals surface area contributed by atoms with Gasteiger partial charge in [0.15, 0.2) is 0 Å². The van der Waals surface area contributed by atoms with Crippen molar-refractivity contribution >= 4 is 23.1 Å². The quantitative estimate of drug-likeness (QED) is 0.890. The van der Waals surface area contributed by atoms with Crippen LogP contribution in [0.2, 0.25) is 0 Å². The van der Waals surface area contributed by atoms with Gasteiger partial charge in [0.1, 0.15) is 5.82 Å². The molecule has 106 valence electrons. The van der Waals surface area contributed by atoms with Gasteiger partial charge in [0.05, 0.1) is 5.56 Å². The predicted molar refractivity (Wildman–Crippen MR) is 83.5 cm³/mol. The molecule has 1 amide bonds. The molecular formula is C15H19N3OS. The molecule has 0 aliphatic rings. The van der Waals surface area contributed by atoms with Crippen molar-refractivity contribution in [2.75, 3.05) is 18.9 Å². The van der Waals surface area contributed by atoms with Gasteiger partial charge in [-0.2, -0.15) is 0 Å². The van der Waals surface area contributed by atoms with Crippen LogP contribution in [0.1, 0.15) is 29.1 Å². The van der Waals surface area contributed by atoms with Crippen molar-refractivity contribution < 1.29 is 4.79 Å². The number of hydrogen-bond acceptors (Lipinski definition) is 4. The molecule has 0 aliphatic carbocycles. The summed E-state index contributed by atoms with van der Waals surface area (Å²) >= 11 is 1.71. The van der Waals surface area contributed by atoms with Gasteiger partial charge in [0.2, 0.25) is 0 Å². The Balaban J connectivity index is 1.98. The average Bonchev–Trinajstić information content (AvgIpc) is 3.00. The third-order valence-electron chi connectivity index (χ3n) is 3.16. The summed E-state index contributed by atoms with van der Waals surface area (Å²) in [5, 5.41) is 7.95. The molecule has 0 bridgehead atoms. The second-order valence-corrected chi connectivity index (χ2v) is 6.17. The highest BCUT2D eigenvalue weighted by Crippen LogP contribution is 2.26. The van der Waals surface area contributed by atoms with E-state index in [0.29, 0.717) is 12.1 Å². The van der Waals surface area contributed by atoms with Gasteiger partial charge in [0.25, 0.3) is 5.91 Å². The fraction of sp³-hybridized carbons (Fsp3) is 0.333. The van der Waals surface area contributed by atoms with Crippen LogP contribution in [-0.2, 0) is 5.41 Å². The van der Waals surface area contributed by atoms with Crippen molar-refractivity contribution in [1.29, 1.82) is 0 Å². The van der Waals surface area contributed by atoms with E-state index in [1.165, 1.54) is 4.88 Å². The van der Waals surface area contributed by atoms with E-state index in [1.54, 1.807) is 36.7 Å². The summed E-state index contributed by atoms with van der Waals surface area (Å²) in [6.45, 7) is 4.85. The second kappa shape index (κ2) is 6.05. The Kier molecular flexibility index (Phi) is 4.39. The molecule has 0 atom stereocenters. The lowest BCUT2D eigenvalue weighted by Crippen LogP contribution is -2.36. The molecule has 2 N–H and O–H groups in total. The van der Waals surface area contributed by atoms with E-state index in [9.17, 15) is 4.79 Å². The summed E-state index contributed by atoms with van der Waals surface area (Å²) < 4.78 is 0. The third kappa shape index (κ3) is 3.36. The zero-order valence-corrected chi connectivity index (χ0v) is 12.8. The van der Waals surface area contributed by atoms with E-state index in [2.05, 4.69) is 40.9 Å². The largest absolute Gasteiger partial charge is 0.373 e. The normalized spacial score (nSPS) is 11.2. The number of hydrogen-bond donors (Lipinski definition) is 2. The number of nitrogens with zero attached hydrogens (tertiary/aromatic N) is 1. The molecule has 2 heterocycles. The van der Waals surface area contributed by atoms with Crippen molar-refractivity contribution in [3.63, 3.8) is 0 Å². The van der Waals surface area contributed by atoms with E-state index in [0.717, 1.165) is 5.82 Å². The lowest BCUT2D eigenvalue weighted by molar-refractivity contribution is 0.0945. The van der Waals surface area contributed by atoms with E-state index < -0.39 is 0 Å². The van der Waals surface area contributed by atoms with Gasteiger partial charge in [-0.15, -0.1) is 11.3 Å². The number of carbonyl (C=O) groups is 1. The van der Waals surface area contributed by atoms with Crippen LogP contribution >= 0.6 is 11.3 Å². The summed E-state index contributed by atoms with van der Waals surface area (Å²) in [6, 6.07) is 7.69. The smallest absolute Gasteiger partial charge is 0.252 e. The molecule has 0 saturated carbocycles. The molecule has 0 radical (unpaired) electrons. The Morgan fingerprint density at radius 3 is 2.70 bits per heavy atom. The van der Waals surface area contributed by atoms with Crippen molar-refractivity contribution in [2.24, 2.45) is 0 Å². The first-order chi connectivity index (χ1) is 9.53. The number of amides is 1. The lowest BCUT2D eigenvalue weighted by atomic mass is 9.91. The fourth-order valence-corrected chi connectivity index (χ4v) is 2.68. The molecule has 0 aromatic carbocycles. The van der Waals surface area contributed by atoms with Crippen LogP contribution in [0.5, 0.6) is 0 Å². The molecule has 0 aliphatic heterocycles. The molecule has 4 nitrogen and oxygen atoms in total. The summed E-state index contributed by atoms with van der Waals surface area (Å²) in [5.41, 5.74) is 0.508. The monoisotopic (exact) mass is 289 g/mol. The maximum atomic E-state index is 12.1. The molecule has 2 aromatic heterocycles. The van der Waals surface area contributed by atoms with Crippen LogP contribution in [0, 0.1) is 0 Å². The van der Waals surface area contributed by atoms with Crippen molar-refractivity contribution in [3.05, 3.63) is 46.3 Å². The van der Waals surface area contributed by atoms with Gasteiger partial charge in [0, 0.05) is 30.1 Å². The molecule has 0 spiro atoms. The third-order valence-corrected chi connectivity index (χ3v) is 4.40. The number of carbonyl (C=O) groups excluding carboxylic acids is 1. The van der Waals surface area contributed by atoms with Crippen LogP contribution in [0.4, 0.5) is 5.82 Å². The number of aromatic nitrogens is 1. The highest BCUT2D eigenvalue weighted by molar-refractivity contribution is 7.10. The van der Waals surface area contributed by atoms with Gasteiger partial charge in [-0.3, -0.25) is 4.79 Å². The van der Waals surface area contributed by atoms with Crippen LogP contribution in [0.15, 0.2) is 35.8 Å². The van der Waals surface area contributed by atoms with E-state index >= 15 is 0 Å². The van der Waals surface area contributed by atoms with E-state index in [1.807, 2.05) is 6.07 Å². The maximum Gasteiger partial charge on any atom is 0.252 e. The molecule has 2 rings (SSSR count). The minimum Gasteiger partial charge on any atom is -0.373 e. The second-order valence-electron chi connectivity index (χ2n) is 5.23. The number of thiophene rings is 1. The Labute approximate surface area is 123 Å². The van der Waals surface area contributed by atoms with Crippen LogP contribution in [0.3, 0.4) is 0 Å². The van der Waals surface area contributed by atoms with E-state index in [-0.39, 0.29) is 11.3 Å². The van der Waals surface area contributed by atoms with Crippen LogP contribution in [-0.4, -0.2) is 24.5 Å². The highest BCUT2D eigenvalue weighted by atomic mass is 32.1. The minimum absolute atomic E-state index is 0.0673. The first kappa shape index (κ1) is 14.5. The molecule has 0 saturated heterocycles. The highest BCUT2D eigenvalue weighted by Gasteiger charge is 2.22. The molecule has 2 aromatic rings. The Morgan fingerprint density at radius 2 is 2.15 bits per heavy atom. The zero-order valence-electron chi connectivity index (χ0n) is 11.9. The van der Waals surface area contributed by atoms with Crippen molar-refractivity contribution in [2.45, 2.75) is 19.3 Å². The Hall–Kier alpha value is -1.88. The molecule has 20 heavy (non-hydrogen) atoms. The summed E-state index contributed by atoms with van der Waals surface area (Å²) in [7, 11) is 1.80. The number of rotatable bonds is 5. The fourth-order valence-electron chi connectivity index (χ4n) is 1.83. The first-order valence-corrected chi connectivity index (χ1v) is 7.37. The summed E-state index contributed by atoms with van der Waals surface area (Å²) in [5.74, 6) is 0.658. The molecule has 0 fully saturated rings. The van der Waals surface area contributed by atoms with Crippen molar-refractivity contribution in [3.8, 4) is 0 Å². The maximum absolute atomic E-state index is 12.1. The zero-order chi connectivity index (χ0) is 14.6. The SMILES string of the molecule is CNc1ccc(C(=O)NCC(C)(C)c2cccs2)cn1. The van der Waals surface area contributed by atoms with Crippen molar-refractivity contribution in [1.82, 2.24) is 10.3 Å². The molecular weight excluding hydrogens is 270 g/mol. The average molecular weight is 289 g/mol. The Bertz CT molecular complexity index is 561. The first-order valence-electron chi connectivity index (χ1n) is 6.49. The number of pyridine rings is 1. The van der Waals surface area contributed by atoms with Crippen LogP contribution < -0.4 is 10.6 Å². The molecule has 5 heteroatoms. The number of nitrogens with one attached hydrogen (secondary N) is 2. The van der Waals surface area contributed by atoms with Gasteiger partial charge in [-0.25, -0.2) is 4.98 Å². The lowest BCUT2D eigenvalue weighted by Gasteiger charge is -2.23. The topological polar surface area (TPSA) is 54.0 Å². The Morgan fingerprint density at radius 1 is 1.35 bits per heavy atom. The van der Waals surface area contributed by atoms with Gasteiger partial charge in [-0.1, -0.05) is 19.9 Å². The van der Waals surface area contributed by atoms with Gasteiger partial charge < -0.3 is 10.6 Å². The molecule has 0 unspecified atom stereocenters. The van der Waals surface area contributed by atoms with Gasteiger partial charge >= 0.3 is 0 Å². The summed E-state index contributed by atoms with van der Waals surface area (Å²) in [6.07, 6.45) is 1.58. The minimum atomic E-state index is -0.0928. The van der Waals surface area contributed by atoms with E-state index in [4.69, 9.17) is 0 Å². The predicted octanol–water partition coefficient (Wildman–Crippen LogP) is 2.89.